The Balaban J connectivity index is 0.00000312. The van der Waals surface area contributed by atoms with Crippen LogP contribution in [0.3, 0.4) is 0 Å². The lowest BCUT2D eigenvalue weighted by Gasteiger charge is -2.23. The van der Waals surface area contributed by atoms with E-state index in [-0.39, 0.29) is 29.9 Å². The molecule has 1 heterocycles. The molecule has 2 rings (SSSR count). The van der Waals surface area contributed by atoms with Crippen molar-refractivity contribution in [2.75, 3.05) is 32.0 Å². The molecule has 7 heteroatoms. The Kier molecular flexibility index (Phi) is 8.47. The predicted molar refractivity (Wildman–Crippen MR) is 116 cm³/mol. The summed E-state index contributed by atoms with van der Waals surface area (Å²) in [5.41, 5.74) is 1.97. The van der Waals surface area contributed by atoms with E-state index in [1.165, 1.54) is 0 Å². The van der Waals surface area contributed by atoms with Crippen molar-refractivity contribution >= 4 is 53.1 Å². The van der Waals surface area contributed by atoms with E-state index in [1.807, 2.05) is 25.1 Å². The van der Waals surface area contributed by atoms with Crippen LogP contribution in [0.4, 0.5) is 5.69 Å². The molecule has 140 valence electrons. The summed E-state index contributed by atoms with van der Waals surface area (Å²) in [6.07, 6.45) is 1.53. The van der Waals surface area contributed by atoms with Crippen LogP contribution in [-0.4, -0.2) is 43.4 Å². The zero-order valence-electron chi connectivity index (χ0n) is 15.4. The summed E-state index contributed by atoms with van der Waals surface area (Å²) in [6.45, 7) is 8.96. The van der Waals surface area contributed by atoms with Crippen molar-refractivity contribution in [1.82, 2.24) is 10.2 Å². The molecule has 0 radical (unpaired) electrons. The second-order valence-corrected chi connectivity index (χ2v) is 7.43. The number of halogens is 2. The highest BCUT2D eigenvalue weighted by molar-refractivity contribution is 14.0. The van der Waals surface area contributed by atoms with Crippen LogP contribution < -0.4 is 10.6 Å². The number of hydrogen-bond acceptors (Lipinski definition) is 2. The quantitative estimate of drug-likeness (QED) is 0.392. The van der Waals surface area contributed by atoms with Gasteiger partial charge in [0, 0.05) is 43.8 Å². The van der Waals surface area contributed by atoms with Crippen LogP contribution in [0.2, 0.25) is 5.02 Å². The minimum Gasteiger partial charge on any atom is -0.356 e. The van der Waals surface area contributed by atoms with E-state index in [0.29, 0.717) is 23.4 Å². The van der Waals surface area contributed by atoms with Gasteiger partial charge in [-0.05, 0) is 36.5 Å². The molecule has 0 bridgehead atoms. The molecule has 1 aliphatic rings. The number of aliphatic imine (C=N–C) groups is 1. The van der Waals surface area contributed by atoms with E-state index in [0.717, 1.165) is 36.7 Å². The van der Waals surface area contributed by atoms with E-state index in [1.54, 1.807) is 7.05 Å². The maximum absolute atomic E-state index is 12.1. The van der Waals surface area contributed by atoms with E-state index in [9.17, 15) is 4.79 Å². The second-order valence-electron chi connectivity index (χ2n) is 7.02. The van der Waals surface area contributed by atoms with Crippen molar-refractivity contribution in [3.05, 3.63) is 28.8 Å². The molecule has 25 heavy (non-hydrogen) atoms. The number of likely N-dealkylation sites (tertiary alicyclic amines) is 1. The highest BCUT2D eigenvalue weighted by Gasteiger charge is 2.30. The molecular weight excluding hydrogens is 451 g/mol. The van der Waals surface area contributed by atoms with Crippen molar-refractivity contribution in [3.8, 4) is 0 Å². The van der Waals surface area contributed by atoms with E-state index >= 15 is 0 Å². The molecule has 0 saturated carbocycles. The van der Waals surface area contributed by atoms with Gasteiger partial charge in [0.05, 0.1) is 0 Å². The zero-order valence-corrected chi connectivity index (χ0v) is 18.4. The van der Waals surface area contributed by atoms with Gasteiger partial charge < -0.3 is 15.5 Å². The Morgan fingerprint density at radius 1 is 1.40 bits per heavy atom. The average molecular weight is 479 g/mol. The van der Waals surface area contributed by atoms with Crippen LogP contribution in [-0.2, 0) is 4.79 Å². The van der Waals surface area contributed by atoms with E-state index in [4.69, 9.17) is 11.6 Å². The van der Waals surface area contributed by atoms with Gasteiger partial charge in [-0.3, -0.25) is 9.79 Å². The highest BCUT2D eigenvalue weighted by atomic mass is 127. The van der Waals surface area contributed by atoms with Gasteiger partial charge in [-0.25, -0.2) is 0 Å². The summed E-state index contributed by atoms with van der Waals surface area (Å²) >= 11 is 6.07. The molecule has 1 aliphatic heterocycles. The number of rotatable bonds is 4. The van der Waals surface area contributed by atoms with Crippen molar-refractivity contribution in [1.29, 1.82) is 0 Å². The molecule has 0 aliphatic carbocycles. The van der Waals surface area contributed by atoms with Crippen LogP contribution >= 0.6 is 35.6 Å². The normalized spacial score (nSPS) is 16.4. The average Bonchev–Trinajstić information content (AvgIpc) is 2.88. The second kappa shape index (κ2) is 9.62. The summed E-state index contributed by atoms with van der Waals surface area (Å²) in [6, 6.07) is 5.51. The monoisotopic (exact) mass is 478 g/mol. The van der Waals surface area contributed by atoms with Gasteiger partial charge in [0.25, 0.3) is 0 Å². The fraction of sp³-hybridized carbons (Fsp3) is 0.556. The first kappa shape index (κ1) is 22.0. The van der Waals surface area contributed by atoms with Gasteiger partial charge in [-0.1, -0.05) is 31.5 Å². The maximum Gasteiger partial charge on any atom is 0.226 e. The first-order valence-corrected chi connectivity index (χ1v) is 8.71. The molecule has 5 nitrogen and oxygen atoms in total. The van der Waals surface area contributed by atoms with Gasteiger partial charge in [-0.2, -0.15) is 0 Å². The highest BCUT2D eigenvalue weighted by Crippen LogP contribution is 2.28. The lowest BCUT2D eigenvalue weighted by Crippen LogP contribution is -2.41. The standard InChI is InChI=1S/C18H27ClN4O.HI/c1-13-14(19)6-5-7-15(13)22-16(24)8-10-21-17(20-4)23-11-9-18(2,3)12-23;/h5-7H,8-12H2,1-4H3,(H,20,21)(H,22,24);1H. The van der Waals surface area contributed by atoms with Gasteiger partial charge in [0.15, 0.2) is 5.96 Å². The fourth-order valence-corrected chi connectivity index (χ4v) is 3.04. The first-order valence-electron chi connectivity index (χ1n) is 8.33. The molecule has 1 amide bonds. The van der Waals surface area contributed by atoms with Crippen molar-refractivity contribution in [2.24, 2.45) is 10.4 Å². The molecule has 1 saturated heterocycles. The lowest BCUT2D eigenvalue weighted by molar-refractivity contribution is -0.116. The molecular formula is C18H28ClIN4O. The van der Waals surface area contributed by atoms with Crippen LogP contribution in [0.5, 0.6) is 0 Å². The topological polar surface area (TPSA) is 56.7 Å². The first-order chi connectivity index (χ1) is 11.3. The third-order valence-corrected chi connectivity index (χ3v) is 4.78. The van der Waals surface area contributed by atoms with Crippen LogP contribution in [0.1, 0.15) is 32.3 Å². The molecule has 0 atom stereocenters. The number of hydrogen-bond donors (Lipinski definition) is 2. The van der Waals surface area contributed by atoms with Crippen molar-refractivity contribution in [2.45, 2.75) is 33.6 Å². The van der Waals surface area contributed by atoms with Gasteiger partial charge in [-0.15, -0.1) is 24.0 Å². The Morgan fingerprint density at radius 2 is 2.12 bits per heavy atom. The van der Waals surface area contributed by atoms with Crippen molar-refractivity contribution in [3.63, 3.8) is 0 Å². The Labute approximate surface area is 172 Å². The SMILES string of the molecule is CN=C(NCCC(=O)Nc1cccc(Cl)c1C)N1CCC(C)(C)C1.I. The molecule has 1 aromatic carbocycles. The van der Waals surface area contributed by atoms with Gasteiger partial charge >= 0.3 is 0 Å². The fourth-order valence-electron chi connectivity index (χ4n) is 2.87. The Morgan fingerprint density at radius 3 is 2.72 bits per heavy atom. The number of guanidine groups is 1. The third-order valence-electron chi connectivity index (χ3n) is 4.37. The number of benzene rings is 1. The van der Waals surface area contributed by atoms with Gasteiger partial charge in [0.2, 0.25) is 5.91 Å². The number of anilines is 1. The molecule has 1 fully saturated rings. The molecule has 0 unspecified atom stereocenters. The largest absolute Gasteiger partial charge is 0.356 e. The van der Waals surface area contributed by atoms with Crippen LogP contribution in [0, 0.1) is 12.3 Å². The Hall–Kier alpha value is -1.02. The molecule has 0 spiro atoms. The molecule has 2 N–H and O–H groups in total. The summed E-state index contributed by atoms with van der Waals surface area (Å²) < 4.78 is 0. The molecule has 1 aromatic rings. The lowest BCUT2D eigenvalue weighted by atomic mass is 9.93. The molecule has 0 aromatic heterocycles. The minimum atomic E-state index is -0.0370. The van der Waals surface area contributed by atoms with Gasteiger partial charge in [0.1, 0.15) is 0 Å². The maximum atomic E-state index is 12.1. The number of carbonyl (C=O) groups is 1. The van der Waals surface area contributed by atoms with Crippen molar-refractivity contribution < 1.29 is 4.79 Å². The minimum absolute atomic E-state index is 0. The Bertz CT molecular complexity index is 634. The van der Waals surface area contributed by atoms with Crippen LogP contribution in [0.25, 0.3) is 0 Å². The van der Waals surface area contributed by atoms with Crippen LogP contribution in [0.15, 0.2) is 23.2 Å². The van der Waals surface area contributed by atoms with E-state index in [2.05, 4.69) is 34.4 Å². The zero-order chi connectivity index (χ0) is 17.7. The predicted octanol–water partition coefficient (Wildman–Crippen LogP) is 3.90. The number of nitrogens with one attached hydrogen (secondary N) is 2. The number of nitrogens with zero attached hydrogens (tertiary/aromatic N) is 2. The summed E-state index contributed by atoms with van der Waals surface area (Å²) in [4.78, 5) is 18.7. The van der Waals surface area contributed by atoms with E-state index < -0.39 is 0 Å². The number of carbonyl (C=O) groups excluding carboxylic acids is 1. The smallest absolute Gasteiger partial charge is 0.226 e. The third kappa shape index (κ3) is 6.33. The summed E-state index contributed by atoms with van der Waals surface area (Å²) in [5, 5.41) is 6.84. The summed E-state index contributed by atoms with van der Waals surface area (Å²) in [7, 11) is 1.78. The summed E-state index contributed by atoms with van der Waals surface area (Å²) in [5.74, 6) is 0.831. The number of amides is 1.